The number of ether oxygens (including phenoxy) is 1. The van der Waals surface area contributed by atoms with Crippen LogP contribution in [0, 0.1) is 12.8 Å². The van der Waals surface area contributed by atoms with E-state index in [1.54, 1.807) is 11.0 Å². The molecule has 0 spiro atoms. The third kappa shape index (κ3) is 4.74. The van der Waals surface area contributed by atoms with Crippen LogP contribution < -0.4 is 5.32 Å². The fourth-order valence-corrected chi connectivity index (χ4v) is 3.96. The van der Waals surface area contributed by atoms with E-state index >= 15 is 0 Å². The van der Waals surface area contributed by atoms with E-state index in [2.05, 4.69) is 39.6 Å². The summed E-state index contributed by atoms with van der Waals surface area (Å²) >= 11 is 0. The van der Waals surface area contributed by atoms with Gasteiger partial charge in [-0.25, -0.2) is 4.68 Å². The minimum absolute atomic E-state index is 0.0458. The molecule has 28 heavy (non-hydrogen) atoms. The topological polar surface area (TPSA) is 85.2 Å². The van der Waals surface area contributed by atoms with Crippen molar-refractivity contribution in [3.8, 4) is 5.69 Å². The Morgan fingerprint density at radius 1 is 1.25 bits per heavy atom. The SMILES string of the molecule is CCC(CC)C(CNC(=O)c1ccc(-n2cnnn2)c(C)c1)N1CCOCC1. The third-order valence-corrected chi connectivity index (χ3v) is 5.63. The summed E-state index contributed by atoms with van der Waals surface area (Å²) in [6.45, 7) is 10.4. The highest BCUT2D eigenvalue weighted by molar-refractivity contribution is 5.94. The van der Waals surface area contributed by atoms with Crippen molar-refractivity contribution in [1.82, 2.24) is 30.4 Å². The van der Waals surface area contributed by atoms with Crippen LogP contribution in [0.1, 0.15) is 42.6 Å². The van der Waals surface area contributed by atoms with Gasteiger partial charge in [0.2, 0.25) is 0 Å². The maximum absolute atomic E-state index is 12.8. The van der Waals surface area contributed by atoms with Gasteiger partial charge in [-0.1, -0.05) is 26.7 Å². The molecule has 0 saturated carbocycles. The highest BCUT2D eigenvalue weighted by Crippen LogP contribution is 2.20. The van der Waals surface area contributed by atoms with Crippen LogP contribution in [-0.2, 0) is 4.74 Å². The zero-order valence-electron chi connectivity index (χ0n) is 17.0. The molecule has 3 rings (SSSR count). The maximum atomic E-state index is 12.8. The molecule has 1 aliphatic heterocycles. The Morgan fingerprint density at radius 2 is 2.00 bits per heavy atom. The Kier molecular flexibility index (Phi) is 7.11. The molecule has 0 bridgehead atoms. The number of nitrogens with one attached hydrogen (secondary N) is 1. The molecule has 1 N–H and O–H groups in total. The average molecular weight is 387 g/mol. The van der Waals surface area contributed by atoms with Gasteiger partial charge in [0, 0.05) is 31.2 Å². The molecule has 1 fully saturated rings. The molecule has 1 amide bonds. The van der Waals surface area contributed by atoms with E-state index in [4.69, 9.17) is 4.74 Å². The van der Waals surface area contributed by atoms with Gasteiger partial charge in [-0.3, -0.25) is 9.69 Å². The molecular weight excluding hydrogens is 356 g/mol. The number of carbonyl (C=O) groups excluding carboxylic acids is 1. The lowest BCUT2D eigenvalue weighted by molar-refractivity contribution is 0.00191. The first-order valence-electron chi connectivity index (χ1n) is 10.1. The van der Waals surface area contributed by atoms with Gasteiger partial charge in [-0.15, -0.1) is 5.10 Å². The van der Waals surface area contributed by atoms with Crippen LogP contribution in [0.3, 0.4) is 0 Å². The van der Waals surface area contributed by atoms with Crippen molar-refractivity contribution in [3.63, 3.8) is 0 Å². The van der Waals surface area contributed by atoms with E-state index in [1.165, 1.54) is 0 Å². The smallest absolute Gasteiger partial charge is 0.251 e. The first-order chi connectivity index (χ1) is 13.6. The van der Waals surface area contributed by atoms with Crippen molar-refractivity contribution >= 4 is 5.91 Å². The number of carbonyl (C=O) groups is 1. The van der Waals surface area contributed by atoms with Gasteiger partial charge in [0.25, 0.3) is 5.91 Å². The van der Waals surface area contributed by atoms with E-state index in [0.717, 1.165) is 50.4 Å². The monoisotopic (exact) mass is 386 g/mol. The molecule has 1 aliphatic rings. The normalized spacial score (nSPS) is 16.3. The lowest BCUT2D eigenvalue weighted by Crippen LogP contribution is -2.52. The highest BCUT2D eigenvalue weighted by atomic mass is 16.5. The number of nitrogens with zero attached hydrogens (tertiary/aromatic N) is 5. The van der Waals surface area contributed by atoms with Crippen molar-refractivity contribution in [3.05, 3.63) is 35.7 Å². The molecule has 152 valence electrons. The molecule has 1 atom stereocenters. The first kappa shape index (κ1) is 20.4. The predicted molar refractivity (Wildman–Crippen MR) is 106 cm³/mol. The van der Waals surface area contributed by atoms with Gasteiger partial charge in [0.05, 0.1) is 18.9 Å². The Hall–Kier alpha value is -2.32. The number of rotatable bonds is 8. The number of tetrazole rings is 1. The summed E-state index contributed by atoms with van der Waals surface area (Å²) in [4.78, 5) is 15.2. The predicted octanol–water partition coefficient (Wildman–Crippen LogP) is 1.84. The summed E-state index contributed by atoms with van der Waals surface area (Å²) in [6, 6.07) is 5.92. The highest BCUT2D eigenvalue weighted by Gasteiger charge is 2.27. The standard InChI is InChI=1S/C20H30N6O2/c1-4-16(5-2)19(25-8-10-28-11-9-25)13-21-20(27)17-6-7-18(15(3)12-17)26-14-22-23-24-26/h6-7,12,14,16,19H,4-5,8-11,13H2,1-3H3,(H,21,27). The summed E-state index contributed by atoms with van der Waals surface area (Å²) in [5.74, 6) is 0.512. The molecule has 2 heterocycles. The van der Waals surface area contributed by atoms with Gasteiger partial charge in [0.1, 0.15) is 6.33 Å². The first-order valence-corrected chi connectivity index (χ1v) is 10.1. The largest absolute Gasteiger partial charge is 0.379 e. The van der Waals surface area contributed by atoms with Crippen LogP contribution >= 0.6 is 0 Å². The van der Waals surface area contributed by atoms with Crippen LogP contribution in [0.25, 0.3) is 5.69 Å². The molecule has 1 saturated heterocycles. The second kappa shape index (κ2) is 9.75. The molecular formula is C20H30N6O2. The van der Waals surface area contributed by atoms with Crippen molar-refractivity contribution in [2.45, 2.75) is 39.7 Å². The van der Waals surface area contributed by atoms with Gasteiger partial charge in [-0.05, 0) is 47.0 Å². The summed E-state index contributed by atoms with van der Waals surface area (Å²) < 4.78 is 7.10. The number of benzene rings is 1. The summed E-state index contributed by atoms with van der Waals surface area (Å²) in [5, 5.41) is 14.4. The number of aryl methyl sites for hydroxylation is 1. The minimum atomic E-state index is -0.0458. The lowest BCUT2D eigenvalue weighted by atomic mass is 9.92. The Labute approximate surface area is 166 Å². The van der Waals surface area contributed by atoms with Crippen LogP contribution in [-0.4, -0.2) is 69.9 Å². The van der Waals surface area contributed by atoms with Crippen molar-refractivity contribution in [1.29, 1.82) is 0 Å². The van der Waals surface area contributed by atoms with Crippen LogP contribution in [0.2, 0.25) is 0 Å². The number of amides is 1. The summed E-state index contributed by atoms with van der Waals surface area (Å²) in [7, 11) is 0. The Morgan fingerprint density at radius 3 is 2.61 bits per heavy atom. The zero-order valence-corrected chi connectivity index (χ0v) is 17.0. The van der Waals surface area contributed by atoms with E-state index in [-0.39, 0.29) is 5.91 Å². The van der Waals surface area contributed by atoms with Crippen LogP contribution in [0.15, 0.2) is 24.5 Å². The van der Waals surface area contributed by atoms with Crippen molar-refractivity contribution < 1.29 is 9.53 Å². The van der Waals surface area contributed by atoms with E-state index < -0.39 is 0 Å². The molecule has 0 radical (unpaired) electrons. The second-order valence-corrected chi connectivity index (χ2v) is 7.26. The lowest BCUT2D eigenvalue weighted by Gasteiger charge is -2.38. The molecule has 1 aromatic heterocycles. The summed E-state index contributed by atoms with van der Waals surface area (Å²) in [5.41, 5.74) is 2.47. The fourth-order valence-electron chi connectivity index (χ4n) is 3.96. The number of morpholine rings is 1. The zero-order chi connectivity index (χ0) is 19.9. The fraction of sp³-hybridized carbons (Fsp3) is 0.600. The number of hydrogen-bond donors (Lipinski definition) is 1. The van der Waals surface area contributed by atoms with E-state index in [0.29, 0.717) is 24.1 Å². The molecule has 8 nitrogen and oxygen atoms in total. The number of hydrogen-bond acceptors (Lipinski definition) is 6. The molecule has 8 heteroatoms. The van der Waals surface area contributed by atoms with Gasteiger partial charge >= 0.3 is 0 Å². The maximum Gasteiger partial charge on any atom is 0.251 e. The van der Waals surface area contributed by atoms with E-state index in [9.17, 15) is 4.79 Å². The Balaban J connectivity index is 1.67. The number of aromatic nitrogens is 4. The van der Waals surface area contributed by atoms with Gasteiger partial charge < -0.3 is 10.1 Å². The quantitative estimate of drug-likeness (QED) is 0.745. The van der Waals surface area contributed by atoms with Crippen molar-refractivity contribution in [2.24, 2.45) is 5.92 Å². The minimum Gasteiger partial charge on any atom is -0.379 e. The summed E-state index contributed by atoms with van der Waals surface area (Å²) in [6.07, 6.45) is 3.76. The molecule has 2 aromatic rings. The molecule has 0 aliphatic carbocycles. The van der Waals surface area contributed by atoms with Crippen LogP contribution in [0.4, 0.5) is 0 Å². The Bertz CT molecular complexity index is 754. The second-order valence-electron chi connectivity index (χ2n) is 7.26. The van der Waals surface area contributed by atoms with Crippen molar-refractivity contribution in [2.75, 3.05) is 32.8 Å². The van der Waals surface area contributed by atoms with Gasteiger partial charge in [0.15, 0.2) is 0 Å². The van der Waals surface area contributed by atoms with Crippen LogP contribution in [0.5, 0.6) is 0 Å². The van der Waals surface area contributed by atoms with E-state index in [1.807, 2.05) is 25.1 Å². The third-order valence-electron chi connectivity index (χ3n) is 5.63. The van der Waals surface area contributed by atoms with Gasteiger partial charge in [-0.2, -0.15) is 0 Å². The molecule has 1 aromatic carbocycles. The average Bonchev–Trinajstić information content (AvgIpc) is 3.26. The molecule has 1 unspecified atom stereocenters.